The Morgan fingerprint density at radius 1 is 1.25 bits per heavy atom. The van der Waals surface area contributed by atoms with Gasteiger partial charge in [-0.2, -0.15) is 0 Å². The molecule has 168 valence electrons. The second-order valence-corrected chi connectivity index (χ2v) is 9.54. The van der Waals surface area contributed by atoms with Gasteiger partial charge in [-0.05, 0) is 61.4 Å². The molecule has 3 heterocycles. The predicted octanol–water partition coefficient (Wildman–Crippen LogP) is 3.41. The van der Waals surface area contributed by atoms with Gasteiger partial charge in [-0.25, -0.2) is 4.99 Å². The summed E-state index contributed by atoms with van der Waals surface area (Å²) in [5, 5.41) is 3.18. The number of aryl methyl sites for hydroxylation is 1. The Balaban J connectivity index is 1.44. The van der Waals surface area contributed by atoms with Crippen LogP contribution in [-0.4, -0.2) is 35.7 Å². The fraction of sp³-hybridized carbons (Fsp3) is 0.480. The number of aliphatic imine (C=N–C) groups is 1. The van der Waals surface area contributed by atoms with Gasteiger partial charge in [0.05, 0.1) is 0 Å². The molecule has 5 rings (SSSR count). The fourth-order valence-corrected chi connectivity index (χ4v) is 5.26. The molecule has 0 bridgehead atoms. The third-order valence-corrected chi connectivity index (χ3v) is 7.04. The smallest absolute Gasteiger partial charge is 0.283 e. The van der Waals surface area contributed by atoms with Gasteiger partial charge in [0.25, 0.3) is 11.9 Å². The summed E-state index contributed by atoms with van der Waals surface area (Å²) in [5.41, 5.74) is 9.18. The van der Waals surface area contributed by atoms with E-state index in [-0.39, 0.29) is 30.0 Å². The number of pyridine rings is 1. The number of rotatable bonds is 3. The third kappa shape index (κ3) is 3.49. The van der Waals surface area contributed by atoms with E-state index in [1.54, 1.807) is 12.3 Å². The zero-order chi connectivity index (χ0) is 22.5. The fourth-order valence-electron chi connectivity index (χ4n) is 5.26. The number of amides is 1. The number of nitrogens with two attached hydrogens (primary N) is 1. The van der Waals surface area contributed by atoms with Gasteiger partial charge in [0.1, 0.15) is 29.7 Å². The SMILES string of the molecule is Cc1ccc(C(=O)NC2CCC3Oc4ccc(C(C)C)cc4C4(COC(N)=N4)C3C2)nc1. The molecular formula is C25H30N4O3. The van der Waals surface area contributed by atoms with Crippen LogP contribution in [0.1, 0.15) is 66.2 Å². The lowest BCUT2D eigenvalue weighted by Crippen LogP contribution is -2.54. The van der Waals surface area contributed by atoms with E-state index in [1.165, 1.54) is 5.56 Å². The number of ether oxygens (including phenoxy) is 2. The van der Waals surface area contributed by atoms with Crippen molar-refractivity contribution in [1.29, 1.82) is 0 Å². The Kier molecular flexibility index (Phi) is 5.07. The molecule has 2 aromatic rings. The van der Waals surface area contributed by atoms with Crippen LogP contribution in [0, 0.1) is 12.8 Å². The highest BCUT2D eigenvalue weighted by Crippen LogP contribution is 2.52. The predicted molar refractivity (Wildman–Crippen MR) is 122 cm³/mol. The van der Waals surface area contributed by atoms with Gasteiger partial charge in [0, 0.05) is 23.7 Å². The molecule has 1 saturated carbocycles. The Morgan fingerprint density at radius 2 is 2.09 bits per heavy atom. The van der Waals surface area contributed by atoms with Gasteiger partial charge >= 0.3 is 0 Å². The first-order valence-corrected chi connectivity index (χ1v) is 11.4. The lowest BCUT2D eigenvalue weighted by atomic mass is 9.67. The van der Waals surface area contributed by atoms with Crippen molar-refractivity contribution in [2.45, 2.75) is 63.6 Å². The van der Waals surface area contributed by atoms with Crippen molar-refractivity contribution in [3.05, 3.63) is 58.9 Å². The molecule has 3 N–H and O–H groups in total. The molecule has 0 radical (unpaired) electrons. The van der Waals surface area contributed by atoms with E-state index in [9.17, 15) is 4.79 Å². The van der Waals surface area contributed by atoms with E-state index < -0.39 is 5.54 Å². The maximum atomic E-state index is 12.8. The van der Waals surface area contributed by atoms with Crippen LogP contribution in [0.15, 0.2) is 41.5 Å². The maximum Gasteiger partial charge on any atom is 0.283 e. The lowest BCUT2D eigenvalue weighted by Gasteiger charge is -2.48. The van der Waals surface area contributed by atoms with Crippen molar-refractivity contribution in [2.24, 2.45) is 16.6 Å². The monoisotopic (exact) mass is 434 g/mol. The Labute approximate surface area is 188 Å². The summed E-state index contributed by atoms with van der Waals surface area (Å²) in [5.74, 6) is 1.17. The molecule has 7 heteroatoms. The largest absolute Gasteiger partial charge is 0.490 e. The Bertz CT molecular complexity index is 1070. The zero-order valence-electron chi connectivity index (χ0n) is 18.8. The number of fused-ring (bicyclic) bond motifs is 4. The highest BCUT2D eigenvalue weighted by atomic mass is 16.5. The molecule has 4 unspecified atom stereocenters. The van der Waals surface area contributed by atoms with Crippen molar-refractivity contribution in [3.8, 4) is 5.75 Å². The molecule has 1 aliphatic carbocycles. The Morgan fingerprint density at radius 3 is 2.78 bits per heavy atom. The maximum absolute atomic E-state index is 12.8. The number of nitrogens with zero attached hydrogens (tertiary/aromatic N) is 2. The highest BCUT2D eigenvalue weighted by Gasteiger charge is 2.55. The number of amidine groups is 1. The van der Waals surface area contributed by atoms with Crippen LogP contribution in [-0.2, 0) is 10.3 Å². The molecule has 1 amide bonds. The molecule has 4 atom stereocenters. The van der Waals surface area contributed by atoms with Gasteiger partial charge in [0.2, 0.25) is 0 Å². The van der Waals surface area contributed by atoms with Gasteiger partial charge in [-0.3, -0.25) is 9.78 Å². The van der Waals surface area contributed by atoms with Crippen molar-refractivity contribution in [2.75, 3.05) is 6.61 Å². The molecule has 1 spiro atoms. The minimum absolute atomic E-state index is 0.0105. The lowest BCUT2D eigenvalue weighted by molar-refractivity contribution is -0.00197. The molecule has 0 saturated heterocycles. The number of nitrogens with one attached hydrogen (secondary N) is 1. The van der Waals surface area contributed by atoms with Crippen LogP contribution in [0.2, 0.25) is 0 Å². The topological polar surface area (TPSA) is 98.8 Å². The summed E-state index contributed by atoms with van der Waals surface area (Å²) in [7, 11) is 0. The van der Waals surface area contributed by atoms with Gasteiger partial charge < -0.3 is 20.5 Å². The van der Waals surface area contributed by atoms with E-state index in [0.717, 1.165) is 36.1 Å². The average molecular weight is 435 g/mol. The summed E-state index contributed by atoms with van der Waals surface area (Å²) >= 11 is 0. The van der Waals surface area contributed by atoms with Gasteiger partial charge in [0.15, 0.2) is 0 Å². The van der Waals surface area contributed by atoms with Crippen LogP contribution in [0.5, 0.6) is 5.75 Å². The Hall–Kier alpha value is -3.09. The zero-order valence-corrected chi connectivity index (χ0v) is 18.8. The van der Waals surface area contributed by atoms with Crippen molar-refractivity contribution in [3.63, 3.8) is 0 Å². The quantitative estimate of drug-likeness (QED) is 0.771. The van der Waals surface area contributed by atoms with E-state index in [0.29, 0.717) is 18.2 Å². The molecule has 1 aromatic carbocycles. The second-order valence-electron chi connectivity index (χ2n) is 9.54. The molecule has 2 aliphatic heterocycles. The number of carbonyl (C=O) groups is 1. The first kappa shape index (κ1) is 20.8. The average Bonchev–Trinajstić information content (AvgIpc) is 3.17. The van der Waals surface area contributed by atoms with Gasteiger partial charge in [-0.1, -0.05) is 26.0 Å². The van der Waals surface area contributed by atoms with E-state index in [2.05, 4.69) is 42.3 Å². The first-order chi connectivity index (χ1) is 15.4. The van der Waals surface area contributed by atoms with Gasteiger partial charge in [-0.15, -0.1) is 0 Å². The summed E-state index contributed by atoms with van der Waals surface area (Å²) in [6, 6.07) is 10.3. The number of carbonyl (C=O) groups excluding carboxylic acids is 1. The normalized spacial score (nSPS) is 28.4. The summed E-state index contributed by atoms with van der Waals surface area (Å²) in [6.07, 6.45) is 4.14. The molecule has 3 aliphatic rings. The van der Waals surface area contributed by atoms with E-state index >= 15 is 0 Å². The van der Waals surface area contributed by atoms with E-state index in [4.69, 9.17) is 20.2 Å². The van der Waals surface area contributed by atoms with Crippen LogP contribution in [0.4, 0.5) is 0 Å². The second kappa shape index (κ2) is 7.80. The van der Waals surface area contributed by atoms with Crippen molar-refractivity contribution in [1.82, 2.24) is 10.3 Å². The molecule has 1 aromatic heterocycles. The summed E-state index contributed by atoms with van der Waals surface area (Å²) in [6.45, 7) is 6.71. The number of benzene rings is 1. The van der Waals surface area contributed by atoms with Crippen LogP contribution in [0.3, 0.4) is 0 Å². The minimum atomic E-state index is -0.585. The van der Waals surface area contributed by atoms with Crippen LogP contribution in [0.25, 0.3) is 0 Å². The molecular weight excluding hydrogens is 404 g/mol. The number of hydrogen-bond donors (Lipinski definition) is 2. The van der Waals surface area contributed by atoms with Crippen molar-refractivity contribution >= 4 is 11.9 Å². The first-order valence-electron chi connectivity index (χ1n) is 11.4. The minimum Gasteiger partial charge on any atom is -0.490 e. The highest BCUT2D eigenvalue weighted by molar-refractivity contribution is 5.92. The standard InChI is InChI=1S/C25H30N4O3/c1-14(2)16-5-8-21-18(10-16)25(13-31-24(26)29-25)19-11-17(6-9-22(19)32-21)28-23(30)20-7-4-15(3)12-27-20/h4-5,7-8,10,12,14,17,19,22H,6,9,11,13H2,1-3H3,(H2,26,29)(H,28,30). The molecule has 32 heavy (non-hydrogen) atoms. The molecule has 1 fully saturated rings. The number of hydrogen-bond acceptors (Lipinski definition) is 6. The summed E-state index contributed by atoms with van der Waals surface area (Å²) in [4.78, 5) is 21.9. The number of aromatic nitrogens is 1. The molecule has 7 nitrogen and oxygen atoms in total. The van der Waals surface area contributed by atoms with E-state index in [1.807, 2.05) is 13.0 Å². The third-order valence-electron chi connectivity index (χ3n) is 7.04. The van der Waals surface area contributed by atoms with Crippen LogP contribution < -0.4 is 15.8 Å². The van der Waals surface area contributed by atoms with Crippen LogP contribution >= 0.6 is 0 Å². The van der Waals surface area contributed by atoms with Crippen molar-refractivity contribution < 1.29 is 14.3 Å². The summed E-state index contributed by atoms with van der Waals surface area (Å²) < 4.78 is 12.2.